The van der Waals surface area contributed by atoms with Gasteiger partial charge in [0.1, 0.15) is 0 Å². The van der Waals surface area contributed by atoms with Gasteiger partial charge < -0.3 is 0 Å². The lowest BCUT2D eigenvalue weighted by Crippen LogP contribution is -1.94. The first-order chi connectivity index (χ1) is 11.8. The summed E-state index contributed by atoms with van der Waals surface area (Å²) in [5.74, 6) is 0. The number of rotatable bonds is 6. The van der Waals surface area contributed by atoms with E-state index in [9.17, 15) is 0 Å². The molecule has 0 aromatic heterocycles. The zero-order chi connectivity index (χ0) is 18.6. The minimum absolute atomic E-state index is 0.787. The van der Waals surface area contributed by atoms with Crippen LogP contribution in [0.5, 0.6) is 0 Å². The number of thioether (sulfide) groups is 1. The molecule has 2 aromatic rings. The maximum atomic E-state index is 6.11. The van der Waals surface area contributed by atoms with Gasteiger partial charge in [0.2, 0.25) is 0 Å². The minimum Gasteiger partial charge on any atom is -0.0981 e. The number of aryl methyl sites for hydroxylation is 3. The van der Waals surface area contributed by atoms with E-state index in [2.05, 4.69) is 80.5 Å². The molecule has 3 heteroatoms. The topological polar surface area (TPSA) is 0 Å². The number of benzene rings is 2. The standard InChI is InChI=1S/C22H24ClIS/c1-6-18-12-20(23)7-8-21(18)17(5)25-13-14(2)9-19-10-16(4)22(24)11-15(19)3/h7-8,10-13H,5-6,9H2,1-4H3/b14-13+. The first kappa shape index (κ1) is 20.6. The average molecular weight is 483 g/mol. The molecule has 0 bridgehead atoms. The second kappa shape index (κ2) is 9.29. The van der Waals surface area contributed by atoms with Crippen molar-refractivity contribution in [2.45, 2.75) is 40.5 Å². The highest BCUT2D eigenvalue weighted by Crippen LogP contribution is 2.32. The van der Waals surface area contributed by atoms with Crippen LogP contribution in [0.25, 0.3) is 4.91 Å². The smallest absolute Gasteiger partial charge is 0.0409 e. The molecule has 25 heavy (non-hydrogen) atoms. The van der Waals surface area contributed by atoms with Crippen LogP contribution in [0.15, 0.2) is 47.9 Å². The van der Waals surface area contributed by atoms with Crippen LogP contribution in [-0.4, -0.2) is 0 Å². The highest BCUT2D eigenvalue weighted by Gasteiger charge is 2.07. The van der Waals surface area contributed by atoms with E-state index in [1.165, 1.54) is 37.0 Å². The Morgan fingerprint density at radius 2 is 1.88 bits per heavy atom. The summed E-state index contributed by atoms with van der Waals surface area (Å²) < 4.78 is 1.33. The molecular formula is C22H24ClIS. The molecule has 0 radical (unpaired) electrons. The maximum Gasteiger partial charge on any atom is 0.0409 e. The van der Waals surface area contributed by atoms with Crippen LogP contribution in [0, 0.1) is 17.4 Å². The number of allylic oxidation sites excluding steroid dienone is 1. The molecule has 0 aliphatic rings. The monoisotopic (exact) mass is 482 g/mol. The molecule has 0 saturated carbocycles. The maximum absolute atomic E-state index is 6.11. The van der Waals surface area contributed by atoms with E-state index in [1.54, 1.807) is 11.8 Å². The van der Waals surface area contributed by atoms with Crippen molar-refractivity contribution in [3.63, 3.8) is 0 Å². The zero-order valence-corrected chi connectivity index (χ0v) is 19.0. The molecule has 0 aliphatic heterocycles. The van der Waals surface area contributed by atoms with Gasteiger partial charge >= 0.3 is 0 Å². The summed E-state index contributed by atoms with van der Waals surface area (Å²) >= 11 is 10.2. The Morgan fingerprint density at radius 1 is 1.16 bits per heavy atom. The van der Waals surface area contributed by atoms with E-state index in [-0.39, 0.29) is 0 Å². The van der Waals surface area contributed by atoms with Gasteiger partial charge in [0.05, 0.1) is 0 Å². The molecule has 0 nitrogen and oxygen atoms in total. The minimum atomic E-state index is 0.787. The molecule has 0 fully saturated rings. The first-order valence-corrected chi connectivity index (χ1v) is 10.7. The van der Waals surface area contributed by atoms with Crippen LogP contribution in [0.3, 0.4) is 0 Å². The number of hydrogen-bond donors (Lipinski definition) is 0. The van der Waals surface area contributed by atoms with Gasteiger partial charge in [-0.05, 0) is 108 Å². The SMILES string of the molecule is C=C(S/C=C(\C)Cc1cc(C)c(I)cc1C)c1ccc(Cl)cc1CC. The molecule has 0 spiro atoms. The van der Waals surface area contributed by atoms with Crippen LogP contribution in [0.2, 0.25) is 5.02 Å². The summed E-state index contributed by atoms with van der Waals surface area (Å²) in [4.78, 5) is 1.07. The van der Waals surface area contributed by atoms with Crippen LogP contribution in [-0.2, 0) is 12.8 Å². The van der Waals surface area contributed by atoms with Crippen molar-refractivity contribution in [3.8, 4) is 0 Å². The summed E-state index contributed by atoms with van der Waals surface area (Å²) in [6.07, 6.45) is 1.93. The Morgan fingerprint density at radius 3 is 2.56 bits per heavy atom. The van der Waals surface area contributed by atoms with E-state index in [4.69, 9.17) is 11.6 Å². The van der Waals surface area contributed by atoms with Crippen LogP contribution in [0.4, 0.5) is 0 Å². The van der Waals surface area contributed by atoms with Gasteiger partial charge in [-0.25, -0.2) is 0 Å². The summed E-state index contributed by atoms with van der Waals surface area (Å²) in [5.41, 5.74) is 7.90. The molecule has 0 heterocycles. The lowest BCUT2D eigenvalue weighted by molar-refractivity contribution is 1.11. The van der Waals surface area contributed by atoms with E-state index in [0.717, 1.165) is 22.8 Å². The van der Waals surface area contributed by atoms with Gasteiger partial charge in [-0.1, -0.05) is 54.6 Å². The first-order valence-electron chi connectivity index (χ1n) is 8.37. The highest BCUT2D eigenvalue weighted by molar-refractivity contribution is 14.1. The fourth-order valence-corrected chi connectivity index (χ4v) is 4.31. The average Bonchev–Trinajstić information content (AvgIpc) is 2.57. The normalized spacial score (nSPS) is 11.7. The number of halogens is 2. The Labute approximate surface area is 174 Å². The third-order valence-electron chi connectivity index (χ3n) is 4.24. The summed E-state index contributed by atoms with van der Waals surface area (Å²) in [6, 6.07) is 10.6. The van der Waals surface area contributed by atoms with Crippen molar-refractivity contribution in [1.29, 1.82) is 0 Å². The van der Waals surface area contributed by atoms with Crippen molar-refractivity contribution in [1.82, 2.24) is 0 Å². The van der Waals surface area contributed by atoms with Crippen LogP contribution >= 0.6 is 46.0 Å². The molecule has 2 rings (SSSR count). The molecule has 0 aliphatic carbocycles. The third-order valence-corrected chi connectivity index (χ3v) is 6.66. The third kappa shape index (κ3) is 5.63. The molecule has 0 unspecified atom stereocenters. The van der Waals surface area contributed by atoms with Gasteiger partial charge in [-0.15, -0.1) is 0 Å². The van der Waals surface area contributed by atoms with Crippen molar-refractivity contribution >= 4 is 50.9 Å². The molecule has 0 saturated heterocycles. The number of hydrogen-bond acceptors (Lipinski definition) is 1. The zero-order valence-electron chi connectivity index (χ0n) is 15.2. The van der Waals surface area contributed by atoms with E-state index in [1.807, 2.05) is 12.1 Å². The fraction of sp³-hybridized carbons (Fsp3) is 0.273. The summed E-state index contributed by atoms with van der Waals surface area (Å²) in [7, 11) is 0. The van der Waals surface area contributed by atoms with Crippen LogP contribution < -0.4 is 0 Å². The van der Waals surface area contributed by atoms with Crippen molar-refractivity contribution in [2.75, 3.05) is 0 Å². The molecule has 0 amide bonds. The molecule has 2 aromatic carbocycles. The van der Waals surface area contributed by atoms with E-state index in [0.29, 0.717) is 0 Å². The molecular weight excluding hydrogens is 459 g/mol. The second-order valence-corrected chi connectivity index (χ2v) is 8.93. The van der Waals surface area contributed by atoms with E-state index < -0.39 is 0 Å². The quantitative estimate of drug-likeness (QED) is 0.376. The van der Waals surface area contributed by atoms with Crippen LogP contribution in [0.1, 0.15) is 41.7 Å². The van der Waals surface area contributed by atoms with Crippen molar-refractivity contribution in [2.24, 2.45) is 0 Å². The van der Waals surface area contributed by atoms with Gasteiger partial charge in [-0.2, -0.15) is 0 Å². The van der Waals surface area contributed by atoms with Gasteiger partial charge in [-0.3, -0.25) is 0 Å². The van der Waals surface area contributed by atoms with Gasteiger partial charge in [0.15, 0.2) is 0 Å². The Kier molecular flexibility index (Phi) is 7.66. The van der Waals surface area contributed by atoms with Crippen molar-refractivity contribution in [3.05, 3.63) is 84.3 Å². The summed E-state index contributed by atoms with van der Waals surface area (Å²) in [5, 5.41) is 3.01. The van der Waals surface area contributed by atoms with Crippen molar-refractivity contribution < 1.29 is 0 Å². The predicted octanol–water partition coefficient (Wildman–Crippen LogP) is 7.97. The van der Waals surface area contributed by atoms with Gasteiger partial charge in [0.25, 0.3) is 0 Å². The van der Waals surface area contributed by atoms with Gasteiger partial charge in [0, 0.05) is 13.5 Å². The fourth-order valence-electron chi connectivity index (χ4n) is 2.74. The second-order valence-electron chi connectivity index (χ2n) is 6.36. The lowest BCUT2D eigenvalue weighted by atomic mass is 10.00. The lowest BCUT2D eigenvalue weighted by Gasteiger charge is -2.11. The Bertz CT molecular complexity index is 821. The highest BCUT2D eigenvalue weighted by atomic mass is 127. The molecule has 0 atom stereocenters. The Hall–Kier alpha value is -0.710. The molecule has 132 valence electrons. The van der Waals surface area contributed by atoms with E-state index >= 15 is 0 Å². The molecule has 0 N–H and O–H groups in total. The summed E-state index contributed by atoms with van der Waals surface area (Å²) in [6.45, 7) is 13.0. The predicted molar refractivity (Wildman–Crippen MR) is 124 cm³/mol. The Balaban J connectivity index is 2.11. The largest absolute Gasteiger partial charge is 0.0981 e.